The molecule has 1 N–H and O–H groups in total. The minimum Gasteiger partial charge on any atom is -0.368 e. The zero-order valence-electron chi connectivity index (χ0n) is 15.9. The van der Waals surface area contributed by atoms with Crippen molar-refractivity contribution in [1.29, 1.82) is 0 Å². The lowest BCUT2D eigenvalue weighted by Crippen LogP contribution is -2.47. The van der Waals surface area contributed by atoms with Gasteiger partial charge in [0.15, 0.2) is 0 Å². The molecule has 6 nitrogen and oxygen atoms in total. The fraction of sp³-hybridized carbons (Fsp3) is 0.400. The number of anilines is 2. The molecule has 1 aromatic heterocycles. The van der Waals surface area contributed by atoms with E-state index in [2.05, 4.69) is 20.1 Å². The van der Waals surface area contributed by atoms with E-state index >= 15 is 0 Å². The highest BCUT2D eigenvalue weighted by Crippen LogP contribution is 2.23. The van der Waals surface area contributed by atoms with Crippen molar-refractivity contribution in [3.8, 4) is 0 Å². The summed E-state index contributed by atoms with van der Waals surface area (Å²) in [4.78, 5) is 22.7. The molecule has 7 heteroatoms. The Hall–Kier alpha value is -2.67. The molecule has 1 amide bonds. The van der Waals surface area contributed by atoms with Gasteiger partial charge in [-0.05, 0) is 38.4 Å². The Morgan fingerprint density at radius 1 is 1.15 bits per heavy atom. The molecule has 2 aromatic rings. The number of hydrogen-bond donors (Lipinski definition) is 1. The maximum atomic E-state index is 14.0. The molecule has 3 rings (SSSR count). The average molecular weight is 371 g/mol. The minimum atomic E-state index is -0.188. The van der Waals surface area contributed by atoms with Crippen LogP contribution in [0.2, 0.25) is 0 Å². The third kappa shape index (κ3) is 4.95. The van der Waals surface area contributed by atoms with Gasteiger partial charge in [0.05, 0.1) is 5.69 Å². The number of piperazine rings is 1. The van der Waals surface area contributed by atoms with E-state index in [1.807, 2.05) is 43.3 Å². The Morgan fingerprint density at radius 3 is 2.56 bits per heavy atom. The highest BCUT2D eigenvalue weighted by atomic mass is 19.1. The average Bonchev–Trinajstić information content (AvgIpc) is 2.68. The number of halogens is 1. The second-order valence-corrected chi connectivity index (χ2v) is 6.88. The largest absolute Gasteiger partial charge is 0.368 e. The highest BCUT2D eigenvalue weighted by molar-refractivity contribution is 5.93. The standard InChI is InChI=1S/C20H26FN5O/c1-24(2)10-9-23-20(27)18-15-16(7-8-22-18)25-11-13-26(14-12-25)19-6-4-3-5-17(19)21/h3-8,15H,9-14H2,1-2H3,(H,23,27). The van der Waals surface area contributed by atoms with Crippen LogP contribution < -0.4 is 15.1 Å². The molecular weight excluding hydrogens is 345 g/mol. The SMILES string of the molecule is CN(C)CCNC(=O)c1cc(N2CCN(c3ccccc3F)CC2)ccn1. The highest BCUT2D eigenvalue weighted by Gasteiger charge is 2.20. The van der Waals surface area contributed by atoms with Crippen LogP contribution in [0.15, 0.2) is 42.6 Å². The molecule has 0 bridgehead atoms. The van der Waals surface area contributed by atoms with E-state index in [9.17, 15) is 9.18 Å². The molecule has 144 valence electrons. The van der Waals surface area contributed by atoms with Crippen LogP contribution in [0.25, 0.3) is 0 Å². The van der Waals surface area contributed by atoms with Crippen LogP contribution in [-0.2, 0) is 0 Å². The van der Waals surface area contributed by atoms with Gasteiger partial charge in [0.25, 0.3) is 5.91 Å². The molecule has 0 atom stereocenters. The number of para-hydroxylation sites is 1. The van der Waals surface area contributed by atoms with Crippen molar-refractivity contribution in [3.63, 3.8) is 0 Å². The Kier molecular flexibility index (Phi) is 6.24. The number of hydrogen-bond acceptors (Lipinski definition) is 5. The van der Waals surface area contributed by atoms with E-state index in [1.165, 1.54) is 6.07 Å². The summed E-state index contributed by atoms with van der Waals surface area (Å²) in [6.07, 6.45) is 1.67. The van der Waals surface area contributed by atoms with Gasteiger partial charge in [0.1, 0.15) is 11.5 Å². The van der Waals surface area contributed by atoms with Crippen LogP contribution in [-0.4, -0.2) is 69.2 Å². The molecule has 0 saturated carbocycles. The van der Waals surface area contributed by atoms with Crippen molar-refractivity contribution in [2.75, 3.05) is 63.2 Å². The van der Waals surface area contributed by atoms with Crippen LogP contribution >= 0.6 is 0 Å². The van der Waals surface area contributed by atoms with Gasteiger partial charge in [-0.25, -0.2) is 4.39 Å². The molecule has 1 aliphatic rings. The summed E-state index contributed by atoms with van der Waals surface area (Å²) in [6.45, 7) is 4.35. The minimum absolute atomic E-state index is 0.163. The molecule has 1 aromatic carbocycles. The number of rotatable bonds is 6. The zero-order valence-corrected chi connectivity index (χ0v) is 15.9. The van der Waals surface area contributed by atoms with Crippen LogP contribution in [0.5, 0.6) is 0 Å². The summed E-state index contributed by atoms with van der Waals surface area (Å²) >= 11 is 0. The molecule has 0 spiro atoms. The number of likely N-dealkylation sites (N-methyl/N-ethyl adjacent to an activating group) is 1. The van der Waals surface area contributed by atoms with Crippen molar-refractivity contribution in [2.45, 2.75) is 0 Å². The lowest BCUT2D eigenvalue weighted by molar-refractivity contribution is 0.0946. The number of amides is 1. The summed E-state index contributed by atoms with van der Waals surface area (Å²) in [5.74, 6) is -0.352. The van der Waals surface area contributed by atoms with E-state index in [0.29, 0.717) is 17.9 Å². The lowest BCUT2D eigenvalue weighted by atomic mass is 10.2. The van der Waals surface area contributed by atoms with Crippen molar-refractivity contribution in [3.05, 3.63) is 54.1 Å². The van der Waals surface area contributed by atoms with Crippen molar-refractivity contribution >= 4 is 17.3 Å². The van der Waals surface area contributed by atoms with Gasteiger partial charge in [-0.1, -0.05) is 12.1 Å². The van der Waals surface area contributed by atoms with Crippen LogP contribution in [0, 0.1) is 5.82 Å². The predicted molar refractivity (Wildman–Crippen MR) is 106 cm³/mol. The summed E-state index contributed by atoms with van der Waals surface area (Å²) in [5.41, 5.74) is 2.03. The van der Waals surface area contributed by atoms with Crippen molar-refractivity contribution in [2.24, 2.45) is 0 Å². The Bertz CT molecular complexity index is 774. The second-order valence-electron chi connectivity index (χ2n) is 6.88. The maximum Gasteiger partial charge on any atom is 0.269 e. The Labute approximate surface area is 159 Å². The number of nitrogens with zero attached hydrogens (tertiary/aromatic N) is 4. The molecule has 0 radical (unpaired) electrons. The van der Waals surface area contributed by atoms with E-state index in [-0.39, 0.29) is 11.7 Å². The van der Waals surface area contributed by atoms with Crippen LogP contribution in [0.3, 0.4) is 0 Å². The van der Waals surface area contributed by atoms with E-state index in [1.54, 1.807) is 12.3 Å². The number of benzene rings is 1. The number of carbonyl (C=O) groups excluding carboxylic acids is 1. The molecule has 0 unspecified atom stereocenters. The van der Waals surface area contributed by atoms with Gasteiger partial charge in [-0.3, -0.25) is 9.78 Å². The first-order chi connectivity index (χ1) is 13.0. The first-order valence-electron chi connectivity index (χ1n) is 9.18. The number of aromatic nitrogens is 1. The number of pyridine rings is 1. The summed E-state index contributed by atoms with van der Waals surface area (Å²) in [7, 11) is 3.93. The monoisotopic (exact) mass is 371 g/mol. The quantitative estimate of drug-likeness (QED) is 0.840. The fourth-order valence-corrected chi connectivity index (χ4v) is 3.14. The molecule has 0 aliphatic carbocycles. The lowest BCUT2D eigenvalue weighted by Gasteiger charge is -2.37. The molecule has 27 heavy (non-hydrogen) atoms. The molecule has 1 saturated heterocycles. The second kappa shape index (κ2) is 8.81. The fourth-order valence-electron chi connectivity index (χ4n) is 3.14. The molecule has 1 aliphatic heterocycles. The molecule has 2 heterocycles. The van der Waals surface area contributed by atoms with Crippen molar-refractivity contribution in [1.82, 2.24) is 15.2 Å². The topological polar surface area (TPSA) is 51.7 Å². The van der Waals surface area contributed by atoms with E-state index < -0.39 is 0 Å². The Morgan fingerprint density at radius 2 is 1.85 bits per heavy atom. The van der Waals surface area contributed by atoms with Gasteiger partial charge in [-0.2, -0.15) is 0 Å². The van der Waals surface area contributed by atoms with E-state index in [0.717, 1.165) is 38.4 Å². The van der Waals surface area contributed by atoms with Gasteiger partial charge < -0.3 is 20.0 Å². The third-order valence-corrected chi connectivity index (χ3v) is 4.66. The number of carbonyl (C=O) groups is 1. The van der Waals surface area contributed by atoms with Crippen molar-refractivity contribution < 1.29 is 9.18 Å². The molecular formula is C20H26FN5O. The zero-order chi connectivity index (χ0) is 19.2. The van der Waals surface area contributed by atoms with Gasteiger partial charge >= 0.3 is 0 Å². The van der Waals surface area contributed by atoms with E-state index in [4.69, 9.17) is 0 Å². The first-order valence-corrected chi connectivity index (χ1v) is 9.18. The van der Waals surface area contributed by atoms with Gasteiger partial charge in [0.2, 0.25) is 0 Å². The summed E-state index contributed by atoms with van der Waals surface area (Å²) in [5, 5.41) is 2.88. The van der Waals surface area contributed by atoms with Crippen LogP contribution in [0.1, 0.15) is 10.5 Å². The number of nitrogens with one attached hydrogen (secondary N) is 1. The van der Waals surface area contributed by atoms with Gasteiger partial charge in [0, 0.05) is 51.2 Å². The first kappa shape index (κ1) is 19.1. The summed E-state index contributed by atoms with van der Waals surface area (Å²) < 4.78 is 14.0. The predicted octanol–water partition coefficient (Wildman–Crippen LogP) is 1.84. The maximum absolute atomic E-state index is 14.0. The van der Waals surface area contributed by atoms with Crippen LogP contribution in [0.4, 0.5) is 15.8 Å². The molecule has 1 fully saturated rings. The van der Waals surface area contributed by atoms with Gasteiger partial charge in [-0.15, -0.1) is 0 Å². The third-order valence-electron chi connectivity index (χ3n) is 4.66. The summed E-state index contributed by atoms with van der Waals surface area (Å²) in [6, 6.07) is 10.6. The smallest absolute Gasteiger partial charge is 0.269 e. The Balaban J connectivity index is 1.60. The normalized spacial score (nSPS) is 14.5.